The van der Waals surface area contributed by atoms with Crippen LogP contribution in [0.3, 0.4) is 0 Å². The number of alkyl halides is 1. The van der Waals surface area contributed by atoms with Crippen LogP contribution in [0.1, 0.15) is 39.0 Å². The molecule has 3 unspecified atom stereocenters. The minimum atomic E-state index is -0.687. The van der Waals surface area contributed by atoms with Crippen LogP contribution in [-0.2, 0) is 21.1 Å². The molecule has 1 aromatic carbocycles. The SMILES string of the molecule is CCCNC(=O)[C@H]1[C@@H]2SC3(CC2Br)C(C(=O)NCn2nnc4ccccc42)N(CCCCCO)C(=O)[C@H]13. The third-order valence-electron chi connectivity index (χ3n) is 7.77. The van der Waals surface area contributed by atoms with Gasteiger partial charge in [0.15, 0.2) is 0 Å². The normalized spacial score (nSPS) is 30.2. The molecule has 3 N–H and O–H groups in total. The molecule has 10 nitrogen and oxygen atoms in total. The summed E-state index contributed by atoms with van der Waals surface area (Å²) in [6, 6.07) is 6.85. The predicted octanol–water partition coefficient (Wildman–Crippen LogP) is 1.66. The van der Waals surface area contributed by atoms with Crippen LogP contribution in [0.5, 0.6) is 0 Å². The lowest BCUT2D eigenvalue weighted by molar-refractivity contribution is -0.140. The van der Waals surface area contributed by atoms with E-state index in [1.807, 2.05) is 31.2 Å². The van der Waals surface area contributed by atoms with E-state index in [1.165, 1.54) is 0 Å². The number of aliphatic hydroxyl groups is 1. The van der Waals surface area contributed by atoms with Gasteiger partial charge in [0.2, 0.25) is 17.7 Å². The van der Waals surface area contributed by atoms with Crippen molar-refractivity contribution < 1.29 is 19.5 Å². The number of aliphatic hydroxyl groups excluding tert-OH is 1. The van der Waals surface area contributed by atoms with Gasteiger partial charge in [0, 0.05) is 29.8 Å². The van der Waals surface area contributed by atoms with E-state index in [4.69, 9.17) is 0 Å². The number of nitrogens with zero attached hydrogens (tertiary/aromatic N) is 4. The molecule has 3 aliphatic heterocycles. The number of para-hydroxylation sites is 1. The zero-order valence-corrected chi connectivity index (χ0v) is 23.2. The van der Waals surface area contributed by atoms with Crippen molar-refractivity contribution in [3.8, 4) is 0 Å². The molecule has 3 saturated heterocycles. The van der Waals surface area contributed by atoms with E-state index in [0.29, 0.717) is 32.4 Å². The number of amides is 3. The Morgan fingerprint density at radius 1 is 1.22 bits per heavy atom. The zero-order valence-electron chi connectivity index (χ0n) is 20.8. The molecule has 3 fully saturated rings. The Morgan fingerprint density at radius 3 is 2.81 bits per heavy atom. The summed E-state index contributed by atoms with van der Waals surface area (Å²) < 4.78 is 0.966. The number of likely N-dealkylation sites (tertiary alicyclic amines) is 1. The summed E-state index contributed by atoms with van der Waals surface area (Å²) in [5.41, 5.74) is 1.55. The van der Waals surface area contributed by atoms with Crippen LogP contribution in [-0.4, -0.2) is 83.3 Å². The Labute approximate surface area is 228 Å². The van der Waals surface area contributed by atoms with Crippen LogP contribution in [0.2, 0.25) is 0 Å². The van der Waals surface area contributed by atoms with Crippen LogP contribution in [0.4, 0.5) is 0 Å². The third-order valence-corrected chi connectivity index (χ3v) is 11.0. The number of hydrogen-bond acceptors (Lipinski definition) is 7. The molecule has 2 bridgehead atoms. The Morgan fingerprint density at radius 2 is 2.03 bits per heavy atom. The second-order valence-corrected chi connectivity index (χ2v) is 12.8. The standard InChI is InChI=1S/C25H33BrN6O4S/c1-2-10-27-22(34)18-19-24(36)31(11-6-3-7-12-33)21(25(19)13-15(26)20(18)37-25)23(35)28-14-32-17-9-5-4-8-16(17)29-30-32/h4-5,8-9,15,18-21,33H,2-3,6-7,10-14H2,1H3,(H,27,34)(H,28,35)/t15?,18-,19+,20-,21?,25?/m1/s1. The summed E-state index contributed by atoms with van der Waals surface area (Å²) in [5.74, 6) is -1.45. The van der Waals surface area contributed by atoms with E-state index in [1.54, 1.807) is 21.3 Å². The number of rotatable bonds is 11. The van der Waals surface area contributed by atoms with Gasteiger partial charge in [-0.1, -0.05) is 40.2 Å². The number of benzene rings is 1. The summed E-state index contributed by atoms with van der Waals surface area (Å²) in [7, 11) is 0. The molecular weight excluding hydrogens is 560 g/mol. The van der Waals surface area contributed by atoms with E-state index in [0.717, 1.165) is 23.9 Å². The summed E-state index contributed by atoms with van der Waals surface area (Å²) in [5, 5.41) is 23.5. The summed E-state index contributed by atoms with van der Waals surface area (Å²) in [4.78, 5) is 42.8. The minimum Gasteiger partial charge on any atom is -0.396 e. The van der Waals surface area contributed by atoms with Gasteiger partial charge in [-0.05, 0) is 44.2 Å². The number of nitrogens with one attached hydrogen (secondary N) is 2. The van der Waals surface area contributed by atoms with Crippen LogP contribution in [0.15, 0.2) is 24.3 Å². The number of hydrogen-bond donors (Lipinski definition) is 3. The van der Waals surface area contributed by atoms with Gasteiger partial charge in [-0.25, -0.2) is 4.68 Å². The molecule has 1 aromatic heterocycles. The van der Waals surface area contributed by atoms with Gasteiger partial charge in [-0.15, -0.1) is 16.9 Å². The van der Waals surface area contributed by atoms with Gasteiger partial charge >= 0.3 is 0 Å². The van der Waals surface area contributed by atoms with Gasteiger partial charge in [0.05, 0.1) is 22.1 Å². The Bertz CT molecular complexity index is 1180. The van der Waals surface area contributed by atoms with Crippen molar-refractivity contribution in [3.05, 3.63) is 24.3 Å². The highest BCUT2D eigenvalue weighted by atomic mass is 79.9. The number of carbonyl (C=O) groups excluding carboxylic acids is 3. The van der Waals surface area contributed by atoms with Crippen molar-refractivity contribution in [2.24, 2.45) is 11.8 Å². The van der Waals surface area contributed by atoms with E-state index >= 15 is 0 Å². The zero-order chi connectivity index (χ0) is 26.2. The first-order valence-electron chi connectivity index (χ1n) is 13.0. The van der Waals surface area contributed by atoms with Gasteiger partial charge in [0.1, 0.15) is 18.2 Å². The van der Waals surface area contributed by atoms with Crippen molar-refractivity contribution in [1.82, 2.24) is 30.5 Å². The highest BCUT2D eigenvalue weighted by Crippen LogP contribution is 2.67. The lowest BCUT2D eigenvalue weighted by atomic mass is 9.70. The second kappa shape index (κ2) is 10.9. The Hall–Kier alpha value is -2.18. The number of unbranched alkanes of at least 4 members (excludes halogenated alkanes) is 2. The van der Waals surface area contributed by atoms with Crippen LogP contribution in [0, 0.1) is 11.8 Å². The number of aromatic nitrogens is 3. The molecule has 1 spiro atoms. The minimum absolute atomic E-state index is 0.0443. The quantitative estimate of drug-likeness (QED) is 0.267. The van der Waals surface area contributed by atoms with E-state index in [-0.39, 0.29) is 41.1 Å². The van der Waals surface area contributed by atoms with Gasteiger partial charge in [-0.3, -0.25) is 14.4 Å². The van der Waals surface area contributed by atoms with Crippen molar-refractivity contribution in [3.63, 3.8) is 0 Å². The van der Waals surface area contributed by atoms with Crippen molar-refractivity contribution in [2.45, 2.75) is 66.6 Å². The topological polar surface area (TPSA) is 129 Å². The molecular formula is C25H33BrN6O4S. The van der Waals surface area contributed by atoms with Gasteiger partial charge < -0.3 is 20.6 Å². The lowest BCUT2D eigenvalue weighted by Crippen LogP contribution is -2.55. The molecule has 200 valence electrons. The van der Waals surface area contributed by atoms with Gasteiger partial charge in [-0.2, -0.15) is 0 Å². The molecule has 37 heavy (non-hydrogen) atoms. The van der Waals surface area contributed by atoms with Crippen molar-refractivity contribution >= 4 is 56.4 Å². The second-order valence-electron chi connectivity index (χ2n) is 10.0. The largest absolute Gasteiger partial charge is 0.396 e. The van der Waals surface area contributed by atoms with Crippen LogP contribution in [0.25, 0.3) is 11.0 Å². The third kappa shape index (κ3) is 4.54. The summed E-state index contributed by atoms with van der Waals surface area (Å²) >= 11 is 5.41. The predicted molar refractivity (Wildman–Crippen MR) is 144 cm³/mol. The fourth-order valence-electron chi connectivity index (χ4n) is 6.19. The Balaban J connectivity index is 1.42. The number of halogens is 1. The molecule has 0 aliphatic carbocycles. The number of carbonyl (C=O) groups is 3. The average Bonchev–Trinajstić information content (AvgIpc) is 3.61. The van der Waals surface area contributed by atoms with Crippen molar-refractivity contribution in [2.75, 3.05) is 19.7 Å². The first-order valence-corrected chi connectivity index (χ1v) is 14.8. The maximum atomic E-state index is 13.9. The molecule has 6 atom stereocenters. The van der Waals surface area contributed by atoms with Crippen molar-refractivity contribution in [1.29, 1.82) is 0 Å². The van der Waals surface area contributed by atoms with Crippen LogP contribution >= 0.6 is 27.7 Å². The smallest absolute Gasteiger partial charge is 0.245 e. The average molecular weight is 594 g/mol. The highest BCUT2D eigenvalue weighted by molar-refractivity contribution is 9.09. The van der Waals surface area contributed by atoms with E-state index in [9.17, 15) is 19.5 Å². The molecule has 3 amide bonds. The monoisotopic (exact) mass is 592 g/mol. The molecule has 0 saturated carbocycles. The summed E-state index contributed by atoms with van der Waals surface area (Å²) in [6.45, 7) is 3.21. The summed E-state index contributed by atoms with van der Waals surface area (Å²) in [6.07, 6.45) is 3.55. The highest BCUT2D eigenvalue weighted by Gasteiger charge is 2.75. The lowest BCUT2D eigenvalue weighted by Gasteiger charge is -2.35. The van der Waals surface area contributed by atoms with E-state index in [2.05, 4.69) is 36.9 Å². The maximum absolute atomic E-state index is 13.9. The first-order chi connectivity index (χ1) is 17.9. The van der Waals surface area contributed by atoms with E-state index < -0.39 is 22.6 Å². The fraction of sp³-hybridized carbons (Fsp3) is 0.640. The maximum Gasteiger partial charge on any atom is 0.245 e. The molecule has 4 heterocycles. The number of thioether (sulfide) groups is 1. The van der Waals surface area contributed by atoms with Gasteiger partial charge in [0.25, 0.3) is 0 Å². The number of fused-ring (bicyclic) bond motifs is 2. The fourth-order valence-corrected chi connectivity index (χ4v) is 9.80. The van der Waals surface area contributed by atoms with Crippen LogP contribution < -0.4 is 10.6 Å². The Kier molecular flexibility index (Phi) is 7.78. The molecule has 2 aromatic rings. The molecule has 5 rings (SSSR count). The molecule has 12 heteroatoms. The first kappa shape index (κ1) is 26.4. The molecule has 0 radical (unpaired) electrons. The molecule has 3 aliphatic rings.